The summed E-state index contributed by atoms with van der Waals surface area (Å²) in [5, 5.41) is 25.2. The van der Waals surface area contributed by atoms with E-state index >= 15 is 0 Å². The molecule has 11 nitrogen and oxygen atoms in total. The van der Waals surface area contributed by atoms with Gasteiger partial charge >= 0.3 is 5.69 Å². The number of aliphatic hydroxyl groups is 1. The minimum atomic E-state index is -0.619. The first-order valence-electron chi connectivity index (χ1n) is 10.5. The molecule has 2 aromatic heterocycles. The summed E-state index contributed by atoms with van der Waals surface area (Å²) in [7, 11) is 0. The molecule has 34 heavy (non-hydrogen) atoms. The Morgan fingerprint density at radius 2 is 1.97 bits per heavy atom. The number of amidine groups is 1. The Balaban J connectivity index is 1.80. The highest BCUT2D eigenvalue weighted by Crippen LogP contribution is 2.29. The van der Waals surface area contributed by atoms with Crippen LogP contribution in [-0.2, 0) is 6.61 Å². The van der Waals surface area contributed by atoms with Gasteiger partial charge in [0.15, 0.2) is 5.82 Å². The number of rotatable bonds is 9. The number of nitrogens with zero attached hydrogens (tertiary/aromatic N) is 4. The van der Waals surface area contributed by atoms with E-state index in [4.69, 9.17) is 15.9 Å². The molecule has 0 aliphatic heterocycles. The molecule has 0 aliphatic rings. The smallest absolute Gasteiger partial charge is 0.350 e. The number of nitrogen functional groups attached to an aromatic ring is 1. The lowest BCUT2D eigenvalue weighted by Crippen LogP contribution is -2.18. The summed E-state index contributed by atoms with van der Waals surface area (Å²) in [6.45, 7) is 2.14. The lowest BCUT2D eigenvalue weighted by atomic mass is 10.0. The van der Waals surface area contributed by atoms with Crippen molar-refractivity contribution in [3.63, 3.8) is 0 Å². The molecule has 4 aromatic rings. The van der Waals surface area contributed by atoms with Crippen LogP contribution in [0.4, 0.5) is 5.69 Å². The first-order chi connectivity index (χ1) is 16.5. The molecular formula is C23H24N8O3. The van der Waals surface area contributed by atoms with Gasteiger partial charge in [0.2, 0.25) is 0 Å². The third-order valence-corrected chi connectivity index (χ3v) is 4.97. The molecule has 11 heteroatoms. The van der Waals surface area contributed by atoms with Gasteiger partial charge in [-0.25, -0.2) is 14.8 Å². The summed E-state index contributed by atoms with van der Waals surface area (Å²) in [6, 6.07) is 13.4. The van der Waals surface area contributed by atoms with Crippen molar-refractivity contribution >= 4 is 11.5 Å². The lowest BCUT2D eigenvalue weighted by molar-refractivity contribution is 0.280. The number of H-pyrrole nitrogens is 1. The van der Waals surface area contributed by atoms with Gasteiger partial charge in [0.1, 0.15) is 17.6 Å². The molecule has 0 bridgehead atoms. The zero-order chi connectivity index (χ0) is 24.1. The number of anilines is 1. The molecule has 174 valence electrons. The van der Waals surface area contributed by atoms with Gasteiger partial charge in [0.05, 0.1) is 13.2 Å². The average molecular weight is 460 g/mol. The van der Waals surface area contributed by atoms with Gasteiger partial charge in [-0.05, 0) is 60.5 Å². The van der Waals surface area contributed by atoms with E-state index in [2.05, 4.69) is 25.4 Å². The Bertz CT molecular complexity index is 1330. The van der Waals surface area contributed by atoms with Crippen LogP contribution < -0.4 is 21.5 Å². The molecule has 0 saturated heterocycles. The molecule has 1 atom stereocenters. The van der Waals surface area contributed by atoms with Gasteiger partial charge in [0.25, 0.3) is 5.95 Å². The van der Waals surface area contributed by atoms with Crippen molar-refractivity contribution in [1.82, 2.24) is 24.7 Å². The van der Waals surface area contributed by atoms with Crippen LogP contribution in [-0.4, -0.2) is 42.3 Å². The molecule has 0 aliphatic carbocycles. The molecule has 0 amide bonds. The van der Waals surface area contributed by atoms with Crippen molar-refractivity contribution < 1.29 is 9.84 Å². The Hall–Kier alpha value is -4.51. The first kappa shape index (κ1) is 22.7. The van der Waals surface area contributed by atoms with E-state index in [9.17, 15) is 9.90 Å². The number of benzene rings is 2. The van der Waals surface area contributed by atoms with Crippen molar-refractivity contribution in [3.8, 4) is 11.7 Å². The van der Waals surface area contributed by atoms with Gasteiger partial charge in [-0.1, -0.05) is 6.07 Å². The lowest BCUT2D eigenvalue weighted by Gasteiger charge is -2.20. The number of nitrogens with one attached hydrogen (secondary N) is 3. The van der Waals surface area contributed by atoms with Gasteiger partial charge in [-0.2, -0.15) is 0 Å². The van der Waals surface area contributed by atoms with Crippen LogP contribution in [0, 0.1) is 5.41 Å². The SMILES string of the molecule is CCOc1cc(CO)cc(C(Nc2ccc(C(=N)N)cc2)c2nn(-c3ncccn3)c(=O)[nH]2)c1. The van der Waals surface area contributed by atoms with E-state index < -0.39 is 11.7 Å². The van der Waals surface area contributed by atoms with E-state index in [1.165, 1.54) is 12.4 Å². The minimum absolute atomic E-state index is 0.0361. The van der Waals surface area contributed by atoms with E-state index in [-0.39, 0.29) is 18.4 Å². The minimum Gasteiger partial charge on any atom is -0.494 e. The van der Waals surface area contributed by atoms with Crippen molar-refractivity contribution in [2.24, 2.45) is 5.73 Å². The number of aromatic amines is 1. The maximum absolute atomic E-state index is 12.7. The second kappa shape index (κ2) is 9.96. The highest BCUT2D eigenvalue weighted by Gasteiger charge is 2.22. The maximum Gasteiger partial charge on any atom is 0.350 e. The van der Waals surface area contributed by atoms with E-state index in [0.717, 1.165) is 4.68 Å². The van der Waals surface area contributed by atoms with Crippen LogP contribution in [0.15, 0.2) is 65.7 Å². The standard InChI is InChI=1S/C23H24N8O3/c1-2-34-18-11-14(13-32)10-16(12-18)19(28-17-6-4-15(5-7-17)20(24)25)21-29-23(33)31(30-21)22-26-8-3-9-27-22/h3-12,19,28,32H,2,13H2,1H3,(H3,24,25)(H,29,30,33). The number of hydrogen-bond acceptors (Lipinski definition) is 8. The Morgan fingerprint density at radius 1 is 1.24 bits per heavy atom. The van der Waals surface area contributed by atoms with Gasteiger partial charge < -0.3 is 20.9 Å². The van der Waals surface area contributed by atoms with E-state index in [0.29, 0.717) is 40.6 Å². The number of aliphatic hydroxyl groups excluding tert-OH is 1. The predicted molar refractivity (Wildman–Crippen MR) is 126 cm³/mol. The highest BCUT2D eigenvalue weighted by molar-refractivity contribution is 5.95. The summed E-state index contributed by atoms with van der Waals surface area (Å²) in [5.41, 5.74) is 7.71. The molecule has 0 spiro atoms. The predicted octanol–water partition coefficient (Wildman–Crippen LogP) is 1.73. The molecule has 6 N–H and O–H groups in total. The van der Waals surface area contributed by atoms with Crippen molar-refractivity contribution in [1.29, 1.82) is 5.41 Å². The zero-order valence-corrected chi connectivity index (χ0v) is 18.4. The van der Waals surface area contributed by atoms with Crippen LogP contribution in [0.5, 0.6) is 5.75 Å². The molecule has 2 heterocycles. The molecule has 4 rings (SSSR count). The second-order valence-corrected chi connectivity index (χ2v) is 7.35. The summed E-state index contributed by atoms with van der Waals surface area (Å²) in [5.74, 6) is 0.992. The highest BCUT2D eigenvalue weighted by atomic mass is 16.5. The van der Waals surface area contributed by atoms with Crippen molar-refractivity contribution in [2.45, 2.75) is 19.6 Å². The quantitative estimate of drug-likeness (QED) is 0.186. The normalized spacial score (nSPS) is 11.7. The van der Waals surface area contributed by atoms with Gasteiger partial charge in [-0.3, -0.25) is 10.4 Å². The summed E-state index contributed by atoms with van der Waals surface area (Å²) in [4.78, 5) is 23.6. The molecule has 2 aromatic carbocycles. The fourth-order valence-corrected chi connectivity index (χ4v) is 3.42. The Morgan fingerprint density at radius 3 is 2.62 bits per heavy atom. The van der Waals surface area contributed by atoms with E-state index in [1.807, 2.05) is 13.0 Å². The largest absolute Gasteiger partial charge is 0.494 e. The van der Waals surface area contributed by atoms with E-state index in [1.54, 1.807) is 42.5 Å². The fourth-order valence-electron chi connectivity index (χ4n) is 3.42. The van der Waals surface area contributed by atoms with Gasteiger partial charge in [-0.15, -0.1) is 9.78 Å². The maximum atomic E-state index is 12.7. The average Bonchev–Trinajstić information content (AvgIpc) is 3.24. The molecule has 0 radical (unpaired) electrons. The third kappa shape index (κ3) is 4.94. The number of ether oxygens (including phenoxy) is 1. The van der Waals surface area contributed by atoms with Crippen LogP contribution in [0.2, 0.25) is 0 Å². The topological polar surface area (TPSA) is 168 Å². The fraction of sp³-hybridized carbons (Fsp3) is 0.174. The summed E-state index contributed by atoms with van der Waals surface area (Å²) >= 11 is 0. The third-order valence-electron chi connectivity index (χ3n) is 4.97. The summed E-state index contributed by atoms with van der Waals surface area (Å²) < 4.78 is 6.76. The van der Waals surface area contributed by atoms with Crippen LogP contribution in [0.1, 0.15) is 35.5 Å². The van der Waals surface area contributed by atoms with Gasteiger partial charge in [0, 0.05) is 23.6 Å². The molecular weight excluding hydrogens is 436 g/mol. The molecule has 0 fully saturated rings. The first-order valence-corrected chi connectivity index (χ1v) is 10.5. The van der Waals surface area contributed by atoms with Crippen LogP contribution in [0.25, 0.3) is 5.95 Å². The Labute approximate surface area is 194 Å². The number of hydrogen-bond donors (Lipinski definition) is 5. The van der Waals surface area contributed by atoms with Crippen molar-refractivity contribution in [3.05, 3.63) is 93.9 Å². The number of aromatic nitrogens is 5. The summed E-state index contributed by atoms with van der Waals surface area (Å²) in [6.07, 6.45) is 3.04. The zero-order valence-electron chi connectivity index (χ0n) is 18.4. The number of nitrogens with two attached hydrogens (primary N) is 1. The van der Waals surface area contributed by atoms with Crippen LogP contribution in [0.3, 0.4) is 0 Å². The second-order valence-electron chi connectivity index (χ2n) is 7.35. The molecule has 0 saturated carbocycles. The van der Waals surface area contributed by atoms with Crippen molar-refractivity contribution in [2.75, 3.05) is 11.9 Å². The Kier molecular flexibility index (Phi) is 6.64. The molecule has 1 unspecified atom stereocenters. The monoisotopic (exact) mass is 460 g/mol. The van der Waals surface area contributed by atoms with Crippen LogP contribution >= 0.6 is 0 Å².